The van der Waals surface area contributed by atoms with E-state index >= 15 is 0 Å². The number of aryl methyl sites for hydroxylation is 2. The summed E-state index contributed by atoms with van der Waals surface area (Å²) in [4.78, 5) is 48.0. The van der Waals surface area contributed by atoms with E-state index in [4.69, 9.17) is 5.11 Å². The van der Waals surface area contributed by atoms with Gasteiger partial charge in [0.05, 0.1) is 5.39 Å². The lowest BCUT2D eigenvalue weighted by molar-refractivity contribution is -0.123. The van der Waals surface area contributed by atoms with Gasteiger partial charge >= 0.3 is 5.97 Å². The van der Waals surface area contributed by atoms with E-state index < -0.39 is 11.4 Å². The molecule has 3 N–H and O–H groups in total. The smallest absolute Gasteiger partial charge is 0.345 e. The van der Waals surface area contributed by atoms with Crippen molar-refractivity contribution < 1.29 is 14.7 Å². The quantitative estimate of drug-likeness (QED) is 0.605. The van der Waals surface area contributed by atoms with Gasteiger partial charge in [0.15, 0.2) is 5.43 Å². The number of amides is 1. The maximum absolute atomic E-state index is 12.3. The van der Waals surface area contributed by atoms with Gasteiger partial charge in [0.1, 0.15) is 10.5 Å². The Morgan fingerprint density at radius 1 is 1.25 bits per heavy atom. The summed E-state index contributed by atoms with van der Waals surface area (Å²) < 4.78 is 0. The molecule has 0 saturated carbocycles. The first kappa shape index (κ1) is 19.7. The maximum Gasteiger partial charge on any atom is 0.345 e. The molecule has 0 aliphatic carbocycles. The van der Waals surface area contributed by atoms with Gasteiger partial charge in [-0.3, -0.25) is 14.9 Å². The van der Waals surface area contributed by atoms with Crippen molar-refractivity contribution in [1.29, 1.82) is 0 Å². The van der Waals surface area contributed by atoms with Crippen LogP contribution in [-0.4, -0.2) is 31.9 Å². The topological polar surface area (TPSA) is 125 Å². The number of aromatic amines is 1. The van der Waals surface area contributed by atoms with Crippen LogP contribution < -0.4 is 10.7 Å². The highest BCUT2D eigenvalue weighted by atomic mass is 32.1. The van der Waals surface area contributed by atoms with Crippen LogP contribution in [-0.2, 0) is 17.6 Å². The number of anilines is 1. The SMILES string of the molecule is CC(C)(C)C(=O)Nc1ncc2c(=O)cc(CCc3ccc(C(=O)O)s3)[nH]c2n1. The number of nitrogens with zero attached hydrogens (tertiary/aromatic N) is 2. The van der Waals surface area contributed by atoms with Crippen molar-refractivity contribution in [3.05, 3.63) is 50.1 Å². The summed E-state index contributed by atoms with van der Waals surface area (Å²) in [5.74, 6) is -1.04. The number of aromatic carboxylic acids is 1. The minimum atomic E-state index is -0.947. The molecule has 3 heterocycles. The van der Waals surface area contributed by atoms with Gasteiger partial charge in [-0.1, -0.05) is 20.8 Å². The Kier molecular flexibility index (Phi) is 5.28. The molecule has 0 aromatic carbocycles. The number of hydrogen-bond acceptors (Lipinski definition) is 6. The molecule has 28 heavy (non-hydrogen) atoms. The third-order valence-electron chi connectivity index (χ3n) is 4.06. The van der Waals surface area contributed by atoms with E-state index in [1.54, 1.807) is 32.9 Å². The van der Waals surface area contributed by atoms with Crippen LogP contribution in [0.5, 0.6) is 0 Å². The number of carbonyl (C=O) groups is 2. The van der Waals surface area contributed by atoms with E-state index in [2.05, 4.69) is 20.3 Å². The summed E-state index contributed by atoms with van der Waals surface area (Å²) in [6.45, 7) is 5.34. The van der Waals surface area contributed by atoms with Crippen molar-refractivity contribution in [2.75, 3.05) is 5.32 Å². The van der Waals surface area contributed by atoms with Crippen molar-refractivity contribution in [3.8, 4) is 0 Å². The van der Waals surface area contributed by atoms with Crippen molar-refractivity contribution in [1.82, 2.24) is 15.0 Å². The Morgan fingerprint density at radius 2 is 2.00 bits per heavy atom. The molecule has 8 nitrogen and oxygen atoms in total. The highest BCUT2D eigenvalue weighted by Gasteiger charge is 2.22. The lowest BCUT2D eigenvalue weighted by atomic mass is 9.96. The third kappa shape index (κ3) is 4.42. The van der Waals surface area contributed by atoms with Gasteiger partial charge in [-0.05, 0) is 25.0 Å². The number of aromatic nitrogens is 3. The number of carboxylic acids is 1. The molecule has 0 radical (unpaired) electrons. The van der Waals surface area contributed by atoms with E-state index in [9.17, 15) is 14.4 Å². The molecular formula is C19H20N4O4S. The van der Waals surface area contributed by atoms with E-state index in [1.807, 2.05) is 0 Å². The molecule has 0 aliphatic heterocycles. The molecule has 0 spiro atoms. The Balaban J connectivity index is 1.82. The largest absolute Gasteiger partial charge is 0.477 e. The number of pyridine rings is 1. The average Bonchev–Trinajstić information content (AvgIpc) is 3.08. The molecular weight excluding hydrogens is 380 g/mol. The highest BCUT2D eigenvalue weighted by Crippen LogP contribution is 2.19. The Labute approximate surface area is 164 Å². The Bertz CT molecular complexity index is 1110. The molecule has 1 amide bonds. The number of hydrogen-bond donors (Lipinski definition) is 3. The number of carbonyl (C=O) groups excluding carboxylic acids is 1. The van der Waals surface area contributed by atoms with E-state index in [0.717, 1.165) is 4.88 Å². The molecule has 0 unspecified atom stereocenters. The second-order valence-corrected chi connectivity index (χ2v) is 8.56. The molecule has 3 aromatic rings. The normalized spacial score (nSPS) is 11.5. The van der Waals surface area contributed by atoms with Crippen molar-refractivity contribution in [2.45, 2.75) is 33.6 Å². The van der Waals surface area contributed by atoms with Crippen LogP contribution in [0.2, 0.25) is 0 Å². The number of rotatable bonds is 5. The Morgan fingerprint density at radius 3 is 2.64 bits per heavy atom. The summed E-state index contributed by atoms with van der Waals surface area (Å²) in [6.07, 6.45) is 2.51. The third-order valence-corrected chi connectivity index (χ3v) is 5.19. The maximum atomic E-state index is 12.3. The predicted octanol–water partition coefficient (Wildman–Crippen LogP) is 2.85. The molecule has 146 valence electrons. The van der Waals surface area contributed by atoms with Gasteiger partial charge in [0.25, 0.3) is 0 Å². The van der Waals surface area contributed by atoms with Gasteiger partial charge in [-0.15, -0.1) is 11.3 Å². The van der Waals surface area contributed by atoms with Gasteiger partial charge in [-0.2, -0.15) is 4.98 Å². The van der Waals surface area contributed by atoms with Crippen LogP contribution in [0.25, 0.3) is 11.0 Å². The minimum Gasteiger partial charge on any atom is -0.477 e. The van der Waals surface area contributed by atoms with Crippen LogP contribution in [0.1, 0.15) is 41.0 Å². The average molecular weight is 400 g/mol. The minimum absolute atomic E-state index is 0.129. The van der Waals surface area contributed by atoms with E-state index in [-0.39, 0.29) is 22.2 Å². The first-order chi connectivity index (χ1) is 13.1. The monoisotopic (exact) mass is 400 g/mol. The number of fused-ring (bicyclic) bond motifs is 1. The molecule has 9 heteroatoms. The van der Waals surface area contributed by atoms with Crippen LogP contribution in [0.3, 0.4) is 0 Å². The highest BCUT2D eigenvalue weighted by molar-refractivity contribution is 7.13. The second kappa shape index (κ2) is 7.51. The van der Waals surface area contributed by atoms with Gasteiger partial charge in [0, 0.05) is 28.2 Å². The molecule has 0 bridgehead atoms. The summed E-state index contributed by atoms with van der Waals surface area (Å²) in [5.41, 5.74) is 0.215. The molecule has 0 atom stereocenters. The lowest BCUT2D eigenvalue weighted by Gasteiger charge is -2.16. The fraction of sp³-hybridized carbons (Fsp3) is 0.316. The fourth-order valence-electron chi connectivity index (χ4n) is 2.45. The zero-order chi connectivity index (χ0) is 20.5. The number of nitrogens with one attached hydrogen (secondary N) is 2. The Hall–Kier alpha value is -3.07. The lowest BCUT2D eigenvalue weighted by Crippen LogP contribution is -2.28. The summed E-state index contributed by atoms with van der Waals surface area (Å²) in [7, 11) is 0. The van der Waals surface area contributed by atoms with Crippen LogP contribution in [0, 0.1) is 5.41 Å². The van der Waals surface area contributed by atoms with Crippen molar-refractivity contribution in [2.24, 2.45) is 5.41 Å². The summed E-state index contributed by atoms with van der Waals surface area (Å²) in [5, 5.41) is 12.0. The molecule has 3 rings (SSSR count). The number of carboxylic acid groups (broad SMARTS) is 1. The summed E-state index contributed by atoms with van der Waals surface area (Å²) in [6, 6.07) is 4.84. The van der Waals surface area contributed by atoms with Crippen LogP contribution in [0.15, 0.2) is 29.2 Å². The number of thiophene rings is 1. The summed E-state index contributed by atoms with van der Waals surface area (Å²) >= 11 is 1.21. The van der Waals surface area contributed by atoms with Crippen LogP contribution in [0.4, 0.5) is 5.95 Å². The number of H-pyrrole nitrogens is 1. The van der Waals surface area contributed by atoms with Gasteiger partial charge in [-0.25, -0.2) is 9.78 Å². The van der Waals surface area contributed by atoms with E-state index in [0.29, 0.717) is 29.6 Å². The predicted molar refractivity (Wildman–Crippen MR) is 107 cm³/mol. The second-order valence-electron chi connectivity index (χ2n) is 7.39. The zero-order valence-corrected chi connectivity index (χ0v) is 16.5. The molecule has 0 fully saturated rings. The van der Waals surface area contributed by atoms with Crippen molar-refractivity contribution >= 4 is 40.2 Å². The molecule has 0 aliphatic rings. The fourth-order valence-corrected chi connectivity index (χ4v) is 3.30. The first-order valence-electron chi connectivity index (χ1n) is 8.66. The van der Waals surface area contributed by atoms with Gasteiger partial charge < -0.3 is 10.1 Å². The van der Waals surface area contributed by atoms with Crippen molar-refractivity contribution in [3.63, 3.8) is 0 Å². The first-order valence-corrected chi connectivity index (χ1v) is 9.47. The zero-order valence-electron chi connectivity index (χ0n) is 15.7. The standard InChI is InChI=1S/C19H20N4O4S/c1-19(2,3)17(27)23-18-20-9-12-13(24)8-10(21-15(12)22-18)4-5-11-6-7-14(28-11)16(25)26/h6-9H,4-5H2,1-3H3,(H,25,26)(H2,20,21,22,23,24,27). The molecule has 0 saturated heterocycles. The van der Waals surface area contributed by atoms with Gasteiger partial charge in [0.2, 0.25) is 11.9 Å². The molecule has 3 aromatic heterocycles. The van der Waals surface area contributed by atoms with Crippen LogP contribution >= 0.6 is 11.3 Å². The van der Waals surface area contributed by atoms with E-state index in [1.165, 1.54) is 23.6 Å².